The van der Waals surface area contributed by atoms with Gasteiger partial charge in [-0.2, -0.15) is 0 Å². The van der Waals surface area contributed by atoms with E-state index >= 15 is 0 Å². The van der Waals surface area contributed by atoms with Crippen molar-refractivity contribution in [2.75, 3.05) is 13.7 Å². The molecule has 140 valence electrons. The molecule has 0 unspecified atom stereocenters. The van der Waals surface area contributed by atoms with Crippen molar-refractivity contribution in [3.63, 3.8) is 0 Å². The van der Waals surface area contributed by atoms with Crippen LogP contribution in [0.1, 0.15) is 54.9 Å². The summed E-state index contributed by atoms with van der Waals surface area (Å²) >= 11 is 0. The summed E-state index contributed by atoms with van der Waals surface area (Å²) in [4.78, 5) is 37.3. The van der Waals surface area contributed by atoms with E-state index in [-0.39, 0.29) is 23.7 Å². The van der Waals surface area contributed by atoms with Gasteiger partial charge in [0.05, 0.1) is 18.7 Å². The number of likely N-dealkylation sites (tertiary alicyclic amines) is 1. The van der Waals surface area contributed by atoms with E-state index in [1.165, 1.54) is 7.11 Å². The van der Waals surface area contributed by atoms with Gasteiger partial charge in [-0.25, -0.2) is 4.79 Å². The van der Waals surface area contributed by atoms with Gasteiger partial charge in [0.25, 0.3) is 0 Å². The van der Waals surface area contributed by atoms with Crippen LogP contribution in [-0.4, -0.2) is 42.3 Å². The molecule has 1 aromatic carbocycles. The Bertz CT molecular complexity index is 663. The van der Waals surface area contributed by atoms with Gasteiger partial charge in [-0.1, -0.05) is 31.6 Å². The molecule has 0 spiro atoms. The van der Waals surface area contributed by atoms with Gasteiger partial charge in [0.15, 0.2) is 5.78 Å². The van der Waals surface area contributed by atoms with Crippen molar-refractivity contribution in [3.8, 4) is 0 Å². The number of esters is 1. The molecular formula is C21H27NO4. The van der Waals surface area contributed by atoms with Gasteiger partial charge in [-0.15, -0.1) is 0 Å². The first-order chi connectivity index (χ1) is 12.5. The molecule has 0 N–H and O–H groups in total. The molecule has 1 saturated heterocycles. The number of carbonyl (C=O) groups is 3. The quantitative estimate of drug-likeness (QED) is 0.502. The Morgan fingerprint density at radius 3 is 2.65 bits per heavy atom. The van der Waals surface area contributed by atoms with Gasteiger partial charge < -0.3 is 9.64 Å². The molecule has 1 atom stereocenters. The lowest BCUT2D eigenvalue weighted by molar-refractivity contribution is -0.128. The van der Waals surface area contributed by atoms with Crippen LogP contribution in [0.2, 0.25) is 0 Å². The second kappa shape index (κ2) is 9.90. The normalized spacial score (nSPS) is 17.1. The lowest BCUT2D eigenvalue weighted by Crippen LogP contribution is -2.33. The number of unbranched alkanes of at least 4 members (excludes halogenated alkanes) is 1. The fraction of sp³-hybridized carbons (Fsp3) is 0.476. The summed E-state index contributed by atoms with van der Waals surface area (Å²) in [5.41, 5.74) is 1.57. The van der Waals surface area contributed by atoms with E-state index in [1.54, 1.807) is 18.2 Å². The fourth-order valence-corrected chi connectivity index (χ4v) is 3.07. The SMILES string of the molecule is CCCCC(=O)/C=C/[C@H]1CCC(=O)N1CCc1ccc(C(=O)OC)cc1. The molecule has 0 bridgehead atoms. The molecule has 0 aliphatic carbocycles. The standard InChI is InChI=1S/C21H27NO4/c1-3-4-5-19(23)12-10-18-11-13-20(24)22(18)15-14-16-6-8-17(9-7-16)21(25)26-2/h6-10,12,18H,3-5,11,13-15H2,1-2H3/b12-10+/t18-/m0/s1. The van der Waals surface area contributed by atoms with Gasteiger partial charge in [-0.3, -0.25) is 9.59 Å². The minimum Gasteiger partial charge on any atom is -0.465 e. The van der Waals surface area contributed by atoms with E-state index < -0.39 is 0 Å². The van der Waals surface area contributed by atoms with Gasteiger partial charge in [0, 0.05) is 19.4 Å². The highest BCUT2D eigenvalue weighted by Gasteiger charge is 2.28. The lowest BCUT2D eigenvalue weighted by Gasteiger charge is -2.22. The summed E-state index contributed by atoms with van der Waals surface area (Å²) < 4.78 is 4.69. The van der Waals surface area contributed by atoms with Crippen LogP contribution in [0.3, 0.4) is 0 Å². The van der Waals surface area contributed by atoms with Crippen LogP contribution in [0.15, 0.2) is 36.4 Å². The number of hydrogen-bond donors (Lipinski definition) is 0. The molecule has 5 nitrogen and oxygen atoms in total. The minimum atomic E-state index is -0.357. The number of ether oxygens (including phenoxy) is 1. The molecule has 26 heavy (non-hydrogen) atoms. The predicted molar refractivity (Wildman–Crippen MR) is 99.9 cm³/mol. The third kappa shape index (κ3) is 5.55. The maximum atomic E-state index is 12.2. The number of allylic oxidation sites excluding steroid dienone is 1. The van der Waals surface area contributed by atoms with E-state index in [1.807, 2.05) is 23.1 Å². The summed E-state index contributed by atoms with van der Waals surface area (Å²) in [5, 5.41) is 0. The zero-order valence-electron chi connectivity index (χ0n) is 15.6. The van der Waals surface area contributed by atoms with E-state index in [2.05, 4.69) is 11.7 Å². The first-order valence-electron chi connectivity index (χ1n) is 9.23. The minimum absolute atomic E-state index is 0.00224. The third-order valence-electron chi connectivity index (χ3n) is 4.67. The summed E-state index contributed by atoms with van der Waals surface area (Å²) in [7, 11) is 1.36. The lowest BCUT2D eigenvalue weighted by atomic mass is 10.1. The highest BCUT2D eigenvalue weighted by Crippen LogP contribution is 2.20. The average Bonchev–Trinajstić information content (AvgIpc) is 3.02. The van der Waals surface area contributed by atoms with Gasteiger partial charge in [-0.05, 0) is 43.0 Å². The van der Waals surface area contributed by atoms with Crippen molar-refractivity contribution in [2.24, 2.45) is 0 Å². The fourth-order valence-electron chi connectivity index (χ4n) is 3.07. The molecule has 1 amide bonds. The topological polar surface area (TPSA) is 63.7 Å². The Morgan fingerprint density at radius 1 is 1.27 bits per heavy atom. The van der Waals surface area contributed by atoms with Crippen molar-refractivity contribution in [1.82, 2.24) is 4.90 Å². The highest BCUT2D eigenvalue weighted by molar-refractivity contribution is 5.90. The van der Waals surface area contributed by atoms with E-state index in [0.717, 1.165) is 24.8 Å². The Morgan fingerprint density at radius 2 is 2.00 bits per heavy atom. The van der Waals surface area contributed by atoms with Crippen LogP contribution in [0, 0.1) is 0 Å². The van der Waals surface area contributed by atoms with Crippen LogP contribution >= 0.6 is 0 Å². The van der Waals surface area contributed by atoms with E-state index in [0.29, 0.717) is 31.4 Å². The largest absolute Gasteiger partial charge is 0.465 e. The molecule has 0 radical (unpaired) electrons. The van der Waals surface area contributed by atoms with Crippen molar-refractivity contribution >= 4 is 17.7 Å². The molecule has 1 aromatic rings. The number of ketones is 1. The van der Waals surface area contributed by atoms with E-state index in [4.69, 9.17) is 0 Å². The molecule has 0 aromatic heterocycles. The van der Waals surface area contributed by atoms with Crippen molar-refractivity contribution in [1.29, 1.82) is 0 Å². The molecule has 1 aliphatic rings. The second-order valence-electron chi connectivity index (χ2n) is 6.56. The Kier molecular flexibility index (Phi) is 7.57. The zero-order chi connectivity index (χ0) is 18.9. The number of amides is 1. The zero-order valence-corrected chi connectivity index (χ0v) is 15.6. The predicted octanol–water partition coefficient (Wildman–Crippen LogP) is 3.32. The molecule has 5 heteroatoms. The average molecular weight is 357 g/mol. The van der Waals surface area contributed by atoms with Crippen LogP contribution < -0.4 is 0 Å². The van der Waals surface area contributed by atoms with Crippen LogP contribution in [0.4, 0.5) is 0 Å². The summed E-state index contributed by atoms with van der Waals surface area (Å²) in [6.07, 6.45) is 7.99. The number of benzene rings is 1. The van der Waals surface area contributed by atoms with Gasteiger partial charge in [0.2, 0.25) is 5.91 Å². The second-order valence-corrected chi connectivity index (χ2v) is 6.56. The van der Waals surface area contributed by atoms with Gasteiger partial charge in [0.1, 0.15) is 0 Å². The van der Waals surface area contributed by atoms with Crippen LogP contribution in [-0.2, 0) is 20.7 Å². The van der Waals surface area contributed by atoms with Crippen LogP contribution in [0.25, 0.3) is 0 Å². The monoisotopic (exact) mass is 357 g/mol. The van der Waals surface area contributed by atoms with Crippen molar-refractivity contribution in [3.05, 3.63) is 47.5 Å². The van der Waals surface area contributed by atoms with Crippen molar-refractivity contribution < 1.29 is 19.1 Å². The molecule has 1 fully saturated rings. The molecule has 1 heterocycles. The molecule has 1 aliphatic heterocycles. The first kappa shape index (κ1) is 19.9. The number of rotatable bonds is 9. The third-order valence-corrected chi connectivity index (χ3v) is 4.67. The Balaban J connectivity index is 1.91. The summed E-state index contributed by atoms with van der Waals surface area (Å²) in [6.45, 7) is 2.67. The van der Waals surface area contributed by atoms with Crippen molar-refractivity contribution in [2.45, 2.75) is 51.5 Å². The molecule has 0 saturated carbocycles. The smallest absolute Gasteiger partial charge is 0.337 e. The number of methoxy groups -OCH3 is 1. The highest BCUT2D eigenvalue weighted by atomic mass is 16.5. The number of carbonyl (C=O) groups excluding carboxylic acids is 3. The summed E-state index contributed by atoms with van der Waals surface area (Å²) in [6, 6.07) is 7.23. The maximum absolute atomic E-state index is 12.2. The van der Waals surface area contributed by atoms with E-state index in [9.17, 15) is 14.4 Å². The number of nitrogens with zero attached hydrogens (tertiary/aromatic N) is 1. The van der Waals surface area contributed by atoms with Gasteiger partial charge >= 0.3 is 5.97 Å². The Hall–Kier alpha value is -2.43. The maximum Gasteiger partial charge on any atom is 0.337 e. The summed E-state index contributed by atoms with van der Waals surface area (Å²) in [5.74, 6) is -0.0967. The van der Waals surface area contributed by atoms with Crippen LogP contribution in [0.5, 0.6) is 0 Å². The molecule has 2 rings (SSSR count). The number of hydrogen-bond acceptors (Lipinski definition) is 4. The Labute approximate surface area is 155 Å². The molecular weight excluding hydrogens is 330 g/mol. The first-order valence-corrected chi connectivity index (χ1v) is 9.23.